The summed E-state index contributed by atoms with van der Waals surface area (Å²) in [5.41, 5.74) is 2.12. The fraction of sp³-hybridized carbons (Fsp3) is 0.562. The van der Waals surface area contributed by atoms with Crippen LogP contribution in [0, 0.1) is 0 Å². The first kappa shape index (κ1) is 16.7. The Balaban J connectivity index is 2.39. The van der Waals surface area contributed by atoms with Gasteiger partial charge in [0.2, 0.25) is 5.91 Å². The monoisotopic (exact) mass is 278 g/mol. The van der Waals surface area contributed by atoms with E-state index in [2.05, 4.69) is 24.5 Å². The Morgan fingerprint density at radius 2 is 1.65 bits per heavy atom. The summed E-state index contributed by atoms with van der Waals surface area (Å²) < 4.78 is 0. The van der Waals surface area contributed by atoms with Gasteiger partial charge in [0.25, 0.3) is 0 Å². The first-order valence-corrected chi connectivity index (χ1v) is 7.18. The van der Waals surface area contributed by atoms with Crippen molar-refractivity contribution in [1.82, 2.24) is 10.6 Å². The van der Waals surface area contributed by atoms with E-state index in [4.69, 9.17) is 0 Å². The van der Waals surface area contributed by atoms with E-state index >= 15 is 0 Å². The standard InChI is InChI=1S/C16H26N2O2/c1-11(2)13-5-7-14(8-6-13)15(19)9-17-10-16(20)18-12(3)4/h5-8,11-12,15,17,19H,9-10H2,1-4H3,(H,18,20). The zero-order chi connectivity index (χ0) is 15.1. The van der Waals surface area contributed by atoms with Crippen LogP contribution in [0.4, 0.5) is 0 Å². The molecule has 1 atom stereocenters. The third kappa shape index (κ3) is 5.72. The van der Waals surface area contributed by atoms with Crippen LogP contribution >= 0.6 is 0 Å². The second-order valence-corrected chi connectivity index (χ2v) is 5.69. The van der Waals surface area contributed by atoms with Gasteiger partial charge in [0.15, 0.2) is 0 Å². The number of hydrogen-bond acceptors (Lipinski definition) is 3. The average molecular weight is 278 g/mol. The van der Waals surface area contributed by atoms with Gasteiger partial charge in [-0.15, -0.1) is 0 Å². The number of rotatable bonds is 7. The molecule has 0 aliphatic carbocycles. The van der Waals surface area contributed by atoms with Crippen LogP contribution in [0.15, 0.2) is 24.3 Å². The van der Waals surface area contributed by atoms with Crippen LogP contribution in [0.25, 0.3) is 0 Å². The molecule has 1 aromatic carbocycles. The van der Waals surface area contributed by atoms with E-state index in [0.29, 0.717) is 12.5 Å². The number of carbonyl (C=O) groups excluding carboxylic acids is 1. The van der Waals surface area contributed by atoms with Gasteiger partial charge in [0.1, 0.15) is 0 Å². The van der Waals surface area contributed by atoms with Gasteiger partial charge in [0.05, 0.1) is 12.6 Å². The largest absolute Gasteiger partial charge is 0.387 e. The molecule has 1 aromatic rings. The van der Waals surface area contributed by atoms with Crippen molar-refractivity contribution >= 4 is 5.91 Å². The van der Waals surface area contributed by atoms with E-state index in [1.807, 2.05) is 38.1 Å². The van der Waals surface area contributed by atoms with Crippen molar-refractivity contribution in [1.29, 1.82) is 0 Å². The van der Waals surface area contributed by atoms with E-state index in [-0.39, 0.29) is 18.5 Å². The molecule has 0 saturated carbocycles. The smallest absolute Gasteiger partial charge is 0.234 e. The number of nitrogens with one attached hydrogen (secondary N) is 2. The number of aliphatic hydroxyl groups is 1. The van der Waals surface area contributed by atoms with Crippen LogP contribution in [-0.2, 0) is 4.79 Å². The highest BCUT2D eigenvalue weighted by Crippen LogP contribution is 2.18. The zero-order valence-corrected chi connectivity index (χ0v) is 12.8. The van der Waals surface area contributed by atoms with Gasteiger partial charge in [-0.3, -0.25) is 4.79 Å². The average Bonchev–Trinajstić information content (AvgIpc) is 2.37. The Hall–Kier alpha value is -1.39. The molecule has 0 aliphatic rings. The molecular weight excluding hydrogens is 252 g/mol. The summed E-state index contributed by atoms with van der Waals surface area (Å²) >= 11 is 0. The molecule has 4 heteroatoms. The van der Waals surface area contributed by atoms with Crippen molar-refractivity contribution in [2.24, 2.45) is 0 Å². The third-order valence-electron chi connectivity index (χ3n) is 3.06. The Bertz CT molecular complexity index is 413. The van der Waals surface area contributed by atoms with Gasteiger partial charge in [-0.05, 0) is 30.9 Å². The fourth-order valence-electron chi connectivity index (χ4n) is 1.92. The summed E-state index contributed by atoms with van der Waals surface area (Å²) in [6, 6.07) is 8.09. The Morgan fingerprint density at radius 3 is 2.15 bits per heavy atom. The Morgan fingerprint density at radius 1 is 1.10 bits per heavy atom. The van der Waals surface area contributed by atoms with E-state index in [1.165, 1.54) is 5.56 Å². The van der Waals surface area contributed by atoms with Crippen LogP contribution in [0.5, 0.6) is 0 Å². The molecule has 0 radical (unpaired) electrons. The van der Waals surface area contributed by atoms with Crippen molar-refractivity contribution in [3.63, 3.8) is 0 Å². The van der Waals surface area contributed by atoms with Crippen LogP contribution < -0.4 is 10.6 Å². The summed E-state index contributed by atoms with van der Waals surface area (Å²) in [5.74, 6) is 0.432. The van der Waals surface area contributed by atoms with Crippen molar-refractivity contribution in [2.45, 2.75) is 45.8 Å². The molecule has 0 aromatic heterocycles. The van der Waals surface area contributed by atoms with Crippen molar-refractivity contribution < 1.29 is 9.90 Å². The lowest BCUT2D eigenvalue weighted by Gasteiger charge is -2.14. The minimum atomic E-state index is -0.594. The van der Waals surface area contributed by atoms with E-state index in [1.54, 1.807) is 0 Å². The SMILES string of the molecule is CC(C)NC(=O)CNCC(O)c1ccc(C(C)C)cc1. The van der Waals surface area contributed by atoms with Crippen LogP contribution in [-0.4, -0.2) is 30.1 Å². The van der Waals surface area contributed by atoms with Gasteiger partial charge in [-0.2, -0.15) is 0 Å². The predicted molar refractivity (Wildman–Crippen MR) is 81.6 cm³/mol. The molecule has 0 saturated heterocycles. The summed E-state index contributed by atoms with van der Waals surface area (Å²) in [6.45, 7) is 8.71. The van der Waals surface area contributed by atoms with Crippen LogP contribution in [0.2, 0.25) is 0 Å². The molecule has 4 nitrogen and oxygen atoms in total. The predicted octanol–water partition coefficient (Wildman–Crippen LogP) is 1.96. The van der Waals surface area contributed by atoms with Gasteiger partial charge in [-0.1, -0.05) is 38.1 Å². The van der Waals surface area contributed by atoms with Crippen molar-refractivity contribution in [3.05, 3.63) is 35.4 Å². The van der Waals surface area contributed by atoms with Gasteiger partial charge in [-0.25, -0.2) is 0 Å². The topological polar surface area (TPSA) is 61.4 Å². The van der Waals surface area contributed by atoms with Crippen molar-refractivity contribution in [3.8, 4) is 0 Å². The lowest BCUT2D eigenvalue weighted by atomic mass is 10.00. The molecule has 0 spiro atoms. The van der Waals surface area contributed by atoms with Crippen molar-refractivity contribution in [2.75, 3.05) is 13.1 Å². The lowest BCUT2D eigenvalue weighted by Crippen LogP contribution is -2.38. The molecule has 1 rings (SSSR count). The highest BCUT2D eigenvalue weighted by Gasteiger charge is 2.09. The molecule has 112 valence electrons. The van der Waals surface area contributed by atoms with E-state index in [9.17, 15) is 9.90 Å². The van der Waals surface area contributed by atoms with Gasteiger partial charge < -0.3 is 15.7 Å². The minimum absolute atomic E-state index is 0.0534. The summed E-state index contributed by atoms with van der Waals surface area (Å²) in [4.78, 5) is 11.4. The van der Waals surface area contributed by atoms with Crippen LogP contribution in [0.3, 0.4) is 0 Å². The molecular formula is C16H26N2O2. The Labute approximate surface area is 121 Å². The summed E-state index contributed by atoms with van der Waals surface area (Å²) in [5, 5.41) is 15.8. The number of benzene rings is 1. The lowest BCUT2D eigenvalue weighted by molar-refractivity contribution is -0.120. The molecule has 0 heterocycles. The summed E-state index contributed by atoms with van der Waals surface area (Å²) in [6.07, 6.45) is -0.594. The molecule has 1 unspecified atom stereocenters. The van der Waals surface area contributed by atoms with Crippen LogP contribution in [0.1, 0.15) is 50.8 Å². The van der Waals surface area contributed by atoms with E-state index < -0.39 is 6.10 Å². The fourth-order valence-corrected chi connectivity index (χ4v) is 1.92. The molecule has 3 N–H and O–H groups in total. The maximum atomic E-state index is 11.4. The third-order valence-corrected chi connectivity index (χ3v) is 3.06. The first-order chi connectivity index (χ1) is 9.40. The number of aliphatic hydroxyl groups excluding tert-OH is 1. The van der Waals surface area contributed by atoms with Gasteiger partial charge in [0, 0.05) is 12.6 Å². The molecule has 20 heavy (non-hydrogen) atoms. The normalized spacial score (nSPS) is 12.8. The first-order valence-electron chi connectivity index (χ1n) is 7.18. The maximum absolute atomic E-state index is 11.4. The zero-order valence-electron chi connectivity index (χ0n) is 12.8. The highest BCUT2D eigenvalue weighted by atomic mass is 16.3. The quantitative estimate of drug-likeness (QED) is 0.714. The van der Waals surface area contributed by atoms with Gasteiger partial charge >= 0.3 is 0 Å². The minimum Gasteiger partial charge on any atom is -0.387 e. The summed E-state index contributed by atoms with van der Waals surface area (Å²) in [7, 11) is 0. The number of amides is 1. The van der Waals surface area contributed by atoms with E-state index in [0.717, 1.165) is 5.56 Å². The number of carbonyl (C=O) groups is 1. The molecule has 1 amide bonds. The molecule has 0 aliphatic heterocycles. The molecule has 0 bridgehead atoms. The second kappa shape index (κ2) is 8.02. The second-order valence-electron chi connectivity index (χ2n) is 5.69. The Kier molecular flexibility index (Phi) is 6.68. The highest BCUT2D eigenvalue weighted by molar-refractivity contribution is 5.78. The number of hydrogen-bond donors (Lipinski definition) is 3. The molecule has 0 fully saturated rings. The maximum Gasteiger partial charge on any atom is 0.234 e.